The molecule has 1 aliphatic carbocycles. The minimum absolute atomic E-state index is 0.0148. The molecule has 0 bridgehead atoms. The van der Waals surface area contributed by atoms with Gasteiger partial charge >= 0.3 is 0 Å². The highest BCUT2D eigenvalue weighted by atomic mass is 32.2. The minimum atomic E-state index is -4.08. The smallest absolute Gasteiger partial charge is 0.268 e. The molecule has 0 unspecified atom stereocenters. The van der Waals surface area contributed by atoms with E-state index in [9.17, 15) is 13.2 Å². The molecule has 3 rings (SSSR count). The number of rotatable bonds is 10. The Morgan fingerprint density at radius 3 is 2.45 bits per heavy atom. The fraction of sp³-hybridized carbons (Fsp3) is 0.400. The number of methoxy groups -OCH3 is 2. The number of nitrogens with one attached hydrogen (secondary N) is 1. The molecule has 2 aromatic carbocycles. The van der Waals surface area contributed by atoms with Crippen LogP contribution in [0.1, 0.15) is 37.7 Å². The summed E-state index contributed by atoms with van der Waals surface area (Å²) in [5, 5.41) is 2.87. The first-order valence-corrected chi connectivity index (χ1v) is 12.5. The first-order chi connectivity index (χ1) is 15.8. The molecular weight excluding hydrogens is 440 g/mol. The van der Waals surface area contributed by atoms with Crippen molar-refractivity contribution in [3.8, 4) is 11.5 Å². The van der Waals surface area contributed by atoms with Crippen molar-refractivity contribution in [2.24, 2.45) is 0 Å². The van der Waals surface area contributed by atoms with Gasteiger partial charge < -0.3 is 14.8 Å². The van der Waals surface area contributed by atoms with E-state index in [2.05, 4.69) is 11.4 Å². The zero-order valence-electron chi connectivity index (χ0n) is 19.5. The fourth-order valence-electron chi connectivity index (χ4n) is 3.85. The van der Waals surface area contributed by atoms with Gasteiger partial charge in [-0.05, 0) is 81.0 Å². The Balaban J connectivity index is 1.85. The molecule has 0 saturated carbocycles. The van der Waals surface area contributed by atoms with Gasteiger partial charge in [0, 0.05) is 6.54 Å². The molecule has 2 aromatic rings. The molecule has 0 saturated heterocycles. The van der Waals surface area contributed by atoms with Gasteiger partial charge in [-0.25, -0.2) is 8.42 Å². The van der Waals surface area contributed by atoms with Gasteiger partial charge in [0.2, 0.25) is 5.91 Å². The lowest BCUT2D eigenvalue weighted by atomic mass is 9.97. The summed E-state index contributed by atoms with van der Waals surface area (Å²) < 4.78 is 39.0. The molecule has 0 heterocycles. The normalized spacial score (nSPS) is 13.7. The summed E-state index contributed by atoms with van der Waals surface area (Å²) >= 11 is 0. The Morgan fingerprint density at radius 2 is 1.82 bits per heavy atom. The van der Waals surface area contributed by atoms with Crippen LogP contribution in [0.4, 0.5) is 5.69 Å². The number of amides is 1. The number of nitrogens with zero attached hydrogens (tertiary/aromatic N) is 1. The van der Waals surface area contributed by atoms with Crippen LogP contribution in [-0.4, -0.2) is 41.6 Å². The lowest BCUT2D eigenvalue weighted by molar-refractivity contribution is -0.119. The van der Waals surface area contributed by atoms with E-state index in [0.29, 0.717) is 18.0 Å². The van der Waals surface area contributed by atoms with E-state index in [1.807, 2.05) is 6.92 Å². The fourth-order valence-corrected chi connectivity index (χ4v) is 5.51. The highest BCUT2D eigenvalue weighted by Crippen LogP contribution is 2.31. The van der Waals surface area contributed by atoms with Crippen LogP contribution in [0, 0.1) is 6.92 Å². The molecule has 178 valence electrons. The molecule has 0 spiro atoms. The van der Waals surface area contributed by atoms with Crippen LogP contribution in [0.15, 0.2) is 59.0 Å². The SMILES string of the molecule is COc1ccc(N(CC(=O)NCCC2=CCCCC2)S(=O)(=O)c2cc(C)ccc2OC)cc1. The Kier molecular flexibility index (Phi) is 8.38. The summed E-state index contributed by atoms with van der Waals surface area (Å²) in [6.07, 6.45) is 7.58. The van der Waals surface area contributed by atoms with Crippen molar-refractivity contribution in [1.29, 1.82) is 0 Å². The number of carbonyl (C=O) groups excluding carboxylic acids is 1. The summed E-state index contributed by atoms with van der Waals surface area (Å²) in [4.78, 5) is 12.8. The van der Waals surface area contributed by atoms with Crippen molar-refractivity contribution in [1.82, 2.24) is 5.32 Å². The predicted octanol–water partition coefficient (Wildman–Crippen LogP) is 4.21. The minimum Gasteiger partial charge on any atom is -0.497 e. The number of benzene rings is 2. The van der Waals surface area contributed by atoms with E-state index in [1.165, 1.54) is 32.6 Å². The molecule has 8 heteroatoms. The highest BCUT2D eigenvalue weighted by Gasteiger charge is 2.30. The number of aryl methyl sites for hydroxylation is 1. The van der Waals surface area contributed by atoms with Crippen molar-refractivity contribution in [3.05, 3.63) is 59.7 Å². The molecular formula is C25H32N2O5S. The average molecular weight is 473 g/mol. The van der Waals surface area contributed by atoms with Crippen LogP contribution in [-0.2, 0) is 14.8 Å². The molecule has 7 nitrogen and oxygen atoms in total. The van der Waals surface area contributed by atoms with Gasteiger partial charge in [-0.15, -0.1) is 0 Å². The van der Waals surface area contributed by atoms with Crippen LogP contribution < -0.4 is 19.1 Å². The Bertz CT molecular complexity index is 1090. The molecule has 0 aromatic heterocycles. The highest BCUT2D eigenvalue weighted by molar-refractivity contribution is 7.93. The number of allylic oxidation sites excluding steroid dienone is 1. The van der Waals surface area contributed by atoms with E-state index in [1.54, 1.807) is 42.5 Å². The Hall–Kier alpha value is -3.00. The molecule has 0 radical (unpaired) electrons. The third-order valence-corrected chi connectivity index (χ3v) is 7.48. The predicted molar refractivity (Wildman–Crippen MR) is 129 cm³/mol. The van der Waals surface area contributed by atoms with Gasteiger partial charge in [-0.3, -0.25) is 9.10 Å². The lowest BCUT2D eigenvalue weighted by Crippen LogP contribution is -2.41. The zero-order chi connectivity index (χ0) is 23.8. The van der Waals surface area contributed by atoms with Crippen LogP contribution in [0.2, 0.25) is 0 Å². The van der Waals surface area contributed by atoms with E-state index >= 15 is 0 Å². The largest absolute Gasteiger partial charge is 0.497 e. The average Bonchev–Trinajstić information content (AvgIpc) is 2.83. The maximum atomic E-state index is 13.7. The van der Waals surface area contributed by atoms with Gasteiger partial charge in [0.15, 0.2) is 0 Å². The number of hydrogen-bond donors (Lipinski definition) is 1. The molecule has 1 N–H and O–H groups in total. The summed E-state index contributed by atoms with van der Waals surface area (Å²) in [5.41, 5.74) is 2.49. The number of carbonyl (C=O) groups is 1. The van der Waals surface area contributed by atoms with Crippen molar-refractivity contribution < 1.29 is 22.7 Å². The van der Waals surface area contributed by atoms with Gasteiger partial charge in [-0.1, -0.05) is 17.7 Å². The quantitative estimate of drug-likeness (QED) is 0.524. The summed E-state index contributed by atoms with van der Waals surface area (Å²) in [5.74, 6) is 0.454. The Morgan fingerprint density at radius 1 is 1.06 bits per heavy atom. The van der Waals surface area contributed by atoms with Crippen LogP contribution in [0.25, 0.3) is 0 Å². The lowest BCUT2D eigenvalue weighted by Gasteiger charge is -2.25. The molecule has 0 fully saturated rings. The third-order valence-electron chi connectivity index (χ3n) is 5.69. The van der Waals surface area contributed by atoms with Crippen molar-refractivity contribution in [2.75, 3.05) is 31.6 Å². The number of ether oxygens (including phenoxy) is 2. The molecule has 33 heavy (non-hydrogen) atoms. The maximum Gasteiger partial charge on any atom is 0.268 e. The van der Waals surface area contributed by atoms with E-state index < -0.39 is 10.0 Å². The van der Waals surface area contributed by atoms with Gasteiger partial charge in [0.1, 0.15) is 22.9 Å². The van der Waals surface area contributed by atoms with Crippen LogP contribution in [0.5, 0.6) is 11.5 Å². The zero-order valence-corrected chi connectivity index (χ0v) is 20.3. The standard InChI is InChI=1S/C25H32N2O5S/c1-19-9-14-23(32-3)24(17-19)33(29,30)27(21-10-12-22(31-2)13-11-21)18-25(28)26-16-15-20-7-5-4-6-8-20/h7,9-14,17H,4-6,8,15-16,18H2,1-3H3,(H,26,28). The first-order valence-electron chi connectivity index (χ1n) is 11.1. The summed E-state index contributed by atoms with van der Waals surface area (Å²) in [7, 11) is -1.12. The third kappa shape index (κ3) is 6.28. The maximum absolute atomic E-state index is 13.7. The second-order valence-corrected chi connectivity index (χ2v) is 9.90. The Labute approximate surface area is 196 Å². The summed E-state index contributed by atoms with van der Waals surface area (Å²) in [6, 6.07) is 11.5. The number of hydrogen-bond acceptors (Lipinski definition) is 5. The second kappa shape index (κ2) is 11.2. The van der Waals surface area contributed by atoms with Gasteiger partial charge in [-0.2, -0.15) is 0 Å². The monoisotopic (exact) mass is 472 g/mol. The molecule has 1 amide bonds. The topological polar surface area (TPSA) is 84.9 Å². The molecule has 1 aliphatic rings. The van der Waals surface area contributed by atoms with Crippen molar-refractivity contribution >= 4 is 21.6 Å². The summed E-state index contributed by atoms with van der Waals surface area (Å²) in [6.45, 7) is 1.95. The molecule has 0 atom stereocenters. The number of anilines is 1. The van der Waals surface area contributed by atoms with E-state index in [0.717, 1.165) is 29.1 Å². The first kappa shape index (κ1) is 24.6. The van der Waals surface area contributed by atoms with Crippen LogP contribution in [0.3, 0.4) is 0 Å². The van der Waals surface area contributed by atoms with Crippen molar-refractivity contribution in [2.45, 2.75) is 43.9 Å². The van der Waals surface area contributed by atoms with E-state index in [-0.39, 0.29) is 23.1 Å². The molecule has 0 aliphatic heterocycles. The van der Waals surface area contributed by atoms with Gasteiger partial charge in [0.25, 0.3) is 10.0 Å². The van der Waals surface area contributed by atoms with Crippen molar-refractivity contribution in [3.63, 3.8) is 0 Å². The van der Waals surface area contributed by atoms with E-state index in [4.69, 9.17) is 9.47 Å². The van der Waals surface area contributed by atoms with Crippen LogP contribution >= 0.6 is 0 Å². The second-order valence-electron chi connectivity index (χ2n) is 8.07. The number of sulfonamides is 1. The van der Waals surface area contributed by atoms with Gasteiger partial charge in [0.05, 0.1) is 19.9 Å².